The maximum Gasteiger partial charge on any atom is 0.0998 e. The lowest BCUT2D eigenvalue weighted by molar-refractivity contribution is 1.33. The van der Waals surface area contributed by atoms with E-state index in [0.29, 0.717) is 5.56 Å². The summed E-state index contributed by atoms with van der Waals surface area (Å²) >= 11 is 0. The summed E-state index contributed by atoms with van der Waals surface area (Å²) in [6.07, 6.45) is 1.78. The van der Waals surface area contributed by atoms with Crippen LogP contribution in [-0.2, 0) is 0 Å². The van der Waals surface area contributed by atoms with E-state index in [0.717, 1.165) is 22.4 Å². The Morgan fingerprint density at radius 2 is 1.35 bits per heavy atom. The second-order valence-corrected chi connectivity index (χ2v) is 4.42. The molecule has 20 heavy (non-hydrogen) atoms. The van der Waals surface area contributed by atoms with Gasteiger partial charge in [-0.1, -0.05) is 48.5 Å². The zero-order valence-electron chi connectivity index (χ0n) is 10.8. The number of rotatable bonds is 2. The first kappa shape index (κ1) is 12.1. The van der Waals surface area contributed by atoms with Crippen molar-refractivity contribution in [3.63, 3.8) is 0 Å². The van der Waals surface area contributed by atoms with Gasteiger partial charge in [-0.25, -0.2) is 0 Å². The van der Waals surface area contributed by atoms with Gasteiger partial charge in [0.2, 0.25) is 0 Å². The molecule has 1 aromatic heterocycles. The van der Waals surface area contributed by atoms with Crippen molar-refractivity contribution >= 4 is 0 Å². The molecule has 0 fully saturated rings. The summed E-state index contributed by atoms with van der Waals surface area (Å²) < 4.78 is 0. The summed E-state index contributed by atoms with van der Waals surface area (Å²) in [5, 5.41) is 9.28. The van der Waals surface area contributed by atoms with E-state index in [2.05, 4.69) is 11.1 Å². The fraction of sp³-hybridized carbons (Fsp3) is 0. The zero-order chi connectivity index (χ0) is 13.8. The number of hydrogen-bond donors (Lipinski definition) is 0. The third kappa shape index (κ3) is 2.17. The van der Waals surface area contributed by atoms with Gasteiger partial charge in [0.1, 0.15) is 0 Å². The van der Waals surface area contributed by atoms with Crippen LogP contribution in [0.5, 0.6) is 0 Å². The van der Waals surface area contributed by atoms with E-state index in [1.165, 1.54) is 0 Å². The molecule has 3 aromatic rings. The van der Waals surface area contributed by atoms with Gasteiger partial charge in [0.15, 0.2) is 0 Å². The Morgan fingerprint density at radius 3 is 2.05 bits per heavy atom. The molecule has 0 aliphatic carbocycles. The second-order valence-electron chi connectivity index (χ2n) is 4.42. The summed E-state index contributed by atoms with van der Waals surface area (Å²) in [4.78, 5) is 4.41. The molecular formula is C18H12N2. The number of nitriles is 1. The van der Waals surface area contributed by atoms with Gasteiger partial charge < -0.3 is 0 Å². The quantitative estimate of drug-likeness (QED) is 0.686. The van der Waals surface area contributed by atoms with Crippen LogP contribution in [0.15, 0.2) is 72.9 Å². The third-order valence-corrected chi connectivity index (χ3v) is 3.21. The molecule has 0 unspecified atom stereocenters. The van der Waals surface area contributed by atoms with Gasteiger partial charge in [-0.05, 0) is 23.8 Å². The fourth-order valence-corrected chi connectivity index (χ4v) is 2.28. The second kappa shape index (κ2) is 5.38. The highest BCUT2D eigenvalue weighted by molar-refractivity contribution is 5.84. The van der Waals surface area contributed by atoms with Gasteiger partial charge in [-0.15, -0.1) is 0 Å². The van der Waals surface area contributed by atoms with Crippen molar-refractivity contribution in [3.05, 3.63) is 78.5 Å². The number of benzene rings is 2. The molecule has 0 aliphatic heterocycles. The van der Waals surface area contributed by atoms with Gasteiger partial charge in [0, 0.05) is 17.3 Å². The first-order valence-corrected chi connectivity index (χ1v) is 6.40. The maximum absolute atomic E-state index is 9.28. The van der Waals surface area contributed by atoms with Crippen LogP contribution >= 0.6 is 0 Å². The van der Waals surface area contributed by atoms with Gasteiger partial charge in [-0.3, -0.25) is 4.98 Å². The Hall–Kier alpha value is -2.92. The molecule has 94 valence electrons. The van der Waals surface area contributed by atoms with Crippen LogP contribution in [0.1, 0.15) is 5.56 Å². The minimum Gasteiger partial charge on any atom is -0.256 e. The van der Waals surface area contributed by atoms with Gasteiger partial charge >= 0.3 is 0 Å². The SMILES string of the molecule is N#Cc1ccccc1-c1ccccc1-c1ccccn1. The number of nitrogens with zero attached hydrogens (tertiary/aromatic N) is 2. The van der Waals surface area contributed by atoms with Crippen LogP contribution in [0.25, 0.3) is 22.4 Å². The van der Waals surface area contributed by atoms with E-state index >= 15 is 0 Å². The van der Waals surface area contributed by atoms with Crippen LogP contribution < -0.4 is 0 Å². The average Bonchev–Trinajstić information content (AvgIpc) is 2.55. The van der Waals surface area contributed by atoms with Gasteiger partial charge in [0.05, 0.1) is 17.3 Å². The lowest BCUT2D eigenvalue weighted by atomic mass is 9.94. The van der Waals surface area contributed by atoms with Crippen molar-refractivity contribution in [1.82, 2.24) is 4.98 Å². The maximum atomic E-state index is 9.28. The molecule has 0 saturated heterocycles. The zero-order valence-corrected chi connectivity index (χ0v) is 10.8. The summed E-state index contributed by atoms with van der Waals surface area (Å²) in [5.41, 5.74) is 4.60. The van der Waals surface area contributed by atoms with Crippen LogP contribution in [0, 0.1) is 11.3 Å². The predicted octanol–water partition coefficient (Wildman–Crippen LogP) is 4.29. The normalized spacial score (nSPS) is 9.95. The van der Waals surface area contributed by atoms with E-state index in [4.69, 9.17) is 0 Å². The van der Waals surface area contributed by atoms with Crippen LogP contribution in [-0.4, -0.2) is 4.98 Å². The standard InChI is InChI=1S/C18H12N2/c19-13-14-7-1-2-8-15(14)16-9-3-4-10-17(16)18-11-5-6-12-20-18/h1-12H. The Labute approximate surface area is 118 Å². The summed E-state index contributed by atoms with van der Waals surface area (Å²) in [7, 11) is 0. The molecule has 2 aromatic carbocycles. The lowest BCUT2D eigenvalue weighted by Crippen LogP contribution is -1.89. The molecule has 0 radical (unpaired) electrons. The molecule has 0 aliphatic rings. The van der Waals surface area contributed by atoms with Crippen LogP contribution in [0.2, 0.25) is 0 Å². The molecule has 0 bridgehead atoms. The Morgan fingerprint density at radius 1 is 0.700 bits per heavy atom. The molecule has 3 rings (SSSR count). The Balaban J connectivity index is 2.24. The van der Waals surface area contributed by atoms with E-state index in [9.17, 15) is 5.26 Å². The monoisotopic (exact) mass is 256 g/mol. The topological polar surface area (TPSA) is 36.7 Å². The summed E-state index contributed by atoms with van der Waals surface area (Å²) in [6.45, 7) is 0. The third-order valence-electron chi connectivity index (χ3n) is 3.21. The van der Waals surface area contributed by atoms with Crippen LogP contribution in [0.4, 0.5) is 0 Å². The number of hydrogen-bond acceptors (Lipinski definition) is 2. The lowest BCUT2D eigenvalue weighted by Gasteiger charge is -2.10. The molecule has 0 amide bonds. The molecule has 2 heteroatoms. The van der Waals surface area contributed by atoms with Crippen molar-refractivity contribution in [1.29, 1.82) is 5.26 Å². The van der Waals surface area contributed by atoms with Gasteiger partial charge in [0.25, 0.3) is 0 Å². The molecule has 2 nitrogen and oxygen atoms in total. The molecule has 0 saturated carbocycles. The highest BCUT2D eigenvalue weighted by Gasteiger charge is 2.10. The Kier molecular flexibility index (Phi) is 3.26. The Bertz CT molecular complexity index is 771. The van der Waals surface area contributed by atoms with E-state index in [-0.39, 0.29) is 0 Å². The molecular weight excluding hydrogens is 244 g/mol. The van der Waals surface area contributed by atoms with Crippen LogP contribution in [0.3, 0.4) is 0 Å². The molecule has 1 heterocycles. The molecule has 0 spiro atoms. The first-order valence-electron chi connectivity index (χ1n) is 6.40. The van der Waals surface area contributed by atoms with Crippen molar-refractivity contribution < 1.29 is 0 Å². The highest BCUT2D eigenvalue weighted by atomic mass is 14.7. The predicted molar refractivity (Wildman–Crippen MR) is 79.8 cm³/mol. The number of pyridine rings is 1. The van der Waals surface area contributed by atoms with Crippen molar-refractivity contribution in [2.24, 2.45) is 0 Å². The smallest absolute Gasteiger partial charge is 0.0998 e. The van der Waals surface area contributed by atoms with E-state index in [1.54, 1.807) is 6.20 Å². The van der Waals surface area contributed by atoms with Crippen molar-refractivity contribution in [3.8, 4) is 28.5 Å². The summed E-state index contributed by atoms with van der Waals surface area (Å²) in [5.74, 6) is 0. The van der Waals surface area contributed by atoms with E-state index in [1.807, 2.05) is 66.7 Å². The average molecular weight is 256 g/mol. The van der Waals surface area contributed by atoms with Crippen molar-refractivity contribution in [2.75, 3.05) is 0 Å². The van der Waals surface area contributed by atoms with E-state index < -0.39 is 0 Å². The van der Waals surface area contributed by atoms with Gasteiger partial charge in [-0.2, -0.15) is 5.26 Å². The fourth-order valence-electron chi connectivity index (χ4n) is 2.28. The minimum absolute atomic E-state index is 0.677. The van der Waals surface area contributed by atoms with Crippen molar-refractivity contribution in [2.45, 2.75) is 0 Å². The minimum atomic E-state index is 0.677. The largest absolute Gasteiger partial charge is 0.256 e. The number of aromatic nitrogens is 1. The molecule has 0 atom stereocenters. The highest BCUT2D eigenvalue weighted by Crippen LogP contribution is 2.32. The first-order chi connectivity index (χ1) is 9.90. The molecule has 0 N–H and O–H groups in total. The summed E-state index contributed by atoms with van der Waals surface area (Å²) in [6, 6.07) is 23.8.